The molecule has 1 aromatic rings. The highest BCUT2D eigenvalue weighted by Crippen LogP contribution is 2.08. The molecule has 0 saturated carbocycles. The molecule has 0 aliphatic carbocycles. The highest BCUT2D eigenvalue weighted by molar-refractivity contribution is 7.71. The number of hydrogen-bond acceptors (Lipinski definition) is 3. The normalized spacial score (nSPS) is 11.8. The van der Waals surface area contributed by atoms with Crippen molar-refractivity contribution in [3.05, 3.63) is 23.3 Å². The maximum Gasteiger partial charge on any atom is 0.199 e. The van der Waals surface area contributed by atoms with Crippen LogP contribution in [0.2, 0.25) is 0 Å². The second-order valence-corrected chi connectivity index (χ2v) is 6.56. The summed E-state index contributed by atoms with van der Waals surface area (Å²) >= 11 is 5.51. The lowest BCUT2D eigenvalue weighted by Crippen LogP contribution is -2.33. The molecule has 20 heavy (non-hydrogen) atoms. The number of rotatable bonds is 8. The van der Waals surface area contributed by atoms with Crippen molar-refractivity contribution in [3.63, 3.8) is 0 Å². The third-order valence-electron chi connectivity index (χ3n) is 3.00. The van der Waals surface area contributed by atoms with E-state index >= 15 is 0 Å². The van der Waals surface area contributed by atoms with Crippen LogP contribution in [0, 0.1) is 23.5 Å². The first-order valence-electron chi connectivity index (χ1n) is 7.32. The molecule has 1 aromatic heterocycles. The molecule has 0 bridgehead atoms. The Morgan fingerprint density at radius 2 is 1.80 bits per heavy atom. The topological polar surface area (TPSA) is 26.0 Å². The van der Waals surface area contributed by atoms with Crippen LogP contribution in [-0.2, 0) is 13.2 Å². The first-order chi connectivity index (χ1) is 9.35. The van der Waals surface area contributed by atoms with Gasteiger partial charge in [0.25, 0.3) is 0 Å². The van der Waals surface area contributed by atoms with Gasteiger partial charge in [0.05, 0.1) is 6.67 Å². The van der Waals surface area contributed by atoms with Crippen molar-refractivity contribution in [2.24, 2.45) is 11.8 Å². The Bertz CT molecular complexity index is 475. The summed E-state index contributed by atoms with van der Waals surface area (Å²) in [4.78, 5) is 2.43. The van der Waals surface area contributed by atoms with Crippen molar-refractivity contribution >= 4 is 12.2 Å². The summed E-state index contributed by atoms with van der Waals surface area (Å²) in [5.74, 6) is 2.22. The molecule has 1 rings (SSSR count). The molecule has 0 unspecified atom stereocenters. The number of nitrogens with zero attached hydrogens (tertiary/aromatic N) is 4. The van der Waals surface area contributed by atoms with E-state index < -0.39 is 0 Å². The molecule has 0 amide bonds. The first kappa shape index (κ1) is 17.1. The molecule has 0 spiro atoms. The van der Waals surface area contributed by atoms with Gasteiger partial charge in [-0.25, -0.2) is 4.68 Å². The zero-order chi connectivity index (χ0) is 15.3. The van der Waals surface area contributed by atoms with E-state index in [0.29, 0.717) is 11.8 Å². The van der Waals surface area contributed by atoms with Gasteiger partial charge >= 0.3 is 0 Å². The fraction of sp³-hybridized carbons (Fsp3) is 0.733. The van der Waals surface area contributed by atoms with Crippen LogP contribution in [-0.4, -0.2) is 32.3 Å². The van der Waals surface area contributed by atoms with E-state index in [1.807, 2.05) is 22.2 Å². The molecule has 114 valence electrons. The maximum absolute atomic E-state index is 5.51. The molecular weight excluding hydrogens is 268 g/mol. The molecule has 0 atom stereocenters. The Labute approximate surface area is 128 Å². The zero-order valence-electron chi connectivity index (χ0n) is 13.5. The maximum atomic E-state index is 5.51. The van der Waals surface area contributed by atoms with Crippen LogP contribution in [0.5, 0.6) is 0 Å². The number of aromatic nitrogens is 3. The minimum absolute atomic E-state index is 0.638. The monoisotopic (exact) mass is 296 g/mol. The summed E-state index contributed by atoms with van der Waals surface area (Å²) in [6.45, 7) is 18.4. The number of allylic oxidation sites excluding steroid dienone is 1. The predicted molar refractivity (Wildman–Crippen MR) is 87.2 cm³/mol. The van der Waals surface area contributed by atoms with E-state index in [0.717, 1.165) is 36.9 Å². The predicted octanol–water partition coefficient (Wildman–Crippen LogP) is 3.48. The quantitative estimate of drug-likeness (QED) is 0.542. The molecule has 5 heteroatoms. The van der Waals surface area contributed by atoms with Gasteiger partial charge in [0, 0.05) is 19.6 Å². The standard InChI is InChI=1S/C15H28N4S/c1-7-8-18-14(6)16-19(15(18)20)11-17(9-12(2)3)10-13(4)5/h7,12-13H,1,8-11H2,2-6H3. The van der Waals surface area contributed by atoms with E-state index in [1.54, 1.807) is 0 Å². The largest absolute Gasteiger partial charge is 0.300 e. The van der Waals surface area contributed by atoms with E-state index in [-0.39, 0.29) is 0 Å². The molecule has 0 fully saturated rings. The Balaban J connectivity index is 2.90. The number of hydrogen-bond donors (Lipinski definition) is 0. The van der Waals surface area contributed by atoms with Gasteiger partial charge in [-0.15, -0.1) is 6.58 Å². The first-order valence-corrected chi connectivity index (χ1v) is 7.73. The Kier molecular flexibility index (Phi) is 6.62. The molecule has 0 saturated heterocycles. The van der Waals surface area contributed by atoms with Crippen LogP contribution < -0.4 is 0 Å². The smallest absolute Gasteiger partial charge is 0.199 e. The third kappa shape index (κ3) is 4.87. The highest BCUT2D eigenvalue weighted by atomic mass is 32.1. The summed E-state index contributed by atoms with van der Waals surface area (Å²) in [5.41, 5.74) is 0. The minimum Gasteiger partial charge on any atom is -0.300 e. The van der Waals surface area contributed by atoms with Gasteiger partial charge < -0.3 is 4.57 Å². The molecule has 0 N–H and O–H groups in total. The summed E-state index contributed by atoms with van der Waals surface area (Å²) in [7, 11) is 0. The zero-order valence-corrected chi connectivity index (χ0v) is 14.3. The highest BCUT2D eigenvalue weighted by Gasteiger charge is 2.13. The van der Waals surface area contributed by atoms with E-state index in [2.05, 4.69) is 44.3 Å². The molecular formula is C15H28N4S. The van der Waals surface area contributed by atoms with Crippen molar-refractivity contribution in [1.82, 2.24) is 19.2 Å². The van der Waals surface area contributed by atoms with Crippen LogP contribution in [0.3, 0.4) is 0 Å². The van der Waals surface area contributed by atoms with Gasteiger partial charge in [0.2, 0.25) is 0 Å². The van der Waals surface area contributed by atoms with Crippen LogP contribution in [0.4, 0.5) is 0 Å². The van der Waals surface area contributed by atoms with E-state index in [9.17, 15) is 0 Å². The lowest BCUT2D eigenvalue weighted by Gasteiger charge is -2.25. The average molecular weight is 296 g/mol. The molecule has 0 aliphatic heterocycles. The molecule has 0 radical (unpaired) electrons. The second-order valence-electron chi connectivity index (χ2n) is 6.19. The van der Waals surface area contributed by atoms with Crippen LogP contribution in [0.25, 0.3) is 0 Å². The van der Waals surface area contributed by atoms with E-state index in [4.69, 9.17) is 12.2 Å². The fourth-order valence-electron chi connectivity index (χ4n) is 2.39. The van der Waals surface area contributed by atoms with Crippen molar-refractivity contribution < 1.29 is 0 Å². The van der Waals surface area contributed by atoms with Gasteiger partial charge in [-0.1, -0.05) is 33.8 Å². The van der Waals surface area contributed by atoms with Crippen LogP contribution in [0.1, 0.15) is 33.5 Å². The fourth-order valence-corrected chi connectivity index (χ4v) is 2.70. The third-order valence-corrected chi connectivity index (χ3v) is 3.43. The van der Waals surface area contributed by atoms with Crippen molar-refractivity contribution in [2.75, 3.05) is 13.1 Å². The Morgan fingerprint density at radius 1 is 1.25 bits per heavy atom. The molecule has 4 nitrogen and oxygen atoms in total. The van der Waals surface area contributed by atoms with Gasteiger partial charge in [-0.05, 0) is 31.0 Å². The van der Waals surface area contributed by atoms with Crippen LogP contribution >= 0.6 is 12.2 Å². The lowest BCUT2D eigenvalue weighted by atomic mass is 10.1. The van der Waals surface area contributed by atoms with Gasteiger partial charge in [-0.3, -0.25) is 4.90 Å². The van der Waals surface area contributed by atoms with Gasteiger partial charge in [0.15, 0.2) is 4.77 Å². The minimum atomic E-state index is 0.638. The molecule has 0 aliphatic rings. The molecule has 0 aromatic carbocycles. The Morgan fingerprint density at radius 3 is 2.25 bits per heavy atom. The summed E-state index contributed by atoms with van der Waals surface area (Å²) < 4.78 is 4.73. The van der Waals surface area contributed by atoms with Gasteiger partial charge in [-0.2, -0.15) is 5.10 Å². The SMILES string of the molecule is C=CCn1c(C)nn(CN(CC(C)C)CC(C)C)c1=S. The van der Waals surface area contributed by atoms with E-state index in [1.165, 1.54) is 0 Å². The van der Waals surface area contributed by atoms with Crippen molar-refractivity contribution in [1.29, 1.82) is 0 Å². The van der Waals surface area contributed by atoms with Crippen molar-refractivity contribution in [2.45, 2.75) is 47.8 Å². The number of aryl methyl sites for hydroxylation is 1. The molecule has 1 heterocycles. The summed E-state index contributed by atoms with van der Waals surface area (Å²) in [6, 6.07) is 0. The van der Waals surface area contributed by atoms with Crippen LogP contribution in [0.15, 0.2) is 12.7 Å². The second kappa shape index (κ2) is 7.74. The lowest BCUT2D eigenvalue weighted by molar-refractivity contribution is 0.164. The van der Waals surface area contributed by atoms with Crippen molar-refractivity contribution in [3.8, 4) is 0 Å². The Hall–Kier alpha value is -0.940. The summed E-state index contributed by atoms with van der Waals surface area (Å²) in [6.07, 6.45) is 1.86. The van der Waals surface area contributed by atoms with Gasteiger partial charge in [0.1, 0.15) is 5.82 Å². The average Bonchev–Trinajstić information content (AvgIpc) is 2.55. The summed E-state index contributed by atoms with van der Waals surface area (Å²) in [5, 5.41) is 4.57.